The van der Waals surface area contributed by atoms with Crippen molar-refractivity contribution in [3.05, 3.63) is 253 Å². The fourth-order valence-electron chi connectivity index (χ4n) is 18.3. The van der Waals surface area contributed by atoms with E-state index in [0.29, 0.717) is 26.4 Å². The summed E-state index contributed by atoms with van der Waals surface area (Å²) in [5.74, 6) is 2.98. The van der Waals surface area contributed by atoms with E-state index in [1.165, 1.54) is 44.5 Å². The zero-order chi connectivity index (χ0) is 82.6. The molecule has 21 rings (SSSR count). The van der Waals surface area contributed by atoms with Gasteiger partial charge in [0.25, 0.3) is 0 Å². The maximum Gasteiger partial charge on any atom is 0.127 e. The topological polar surface area (TPSA) is 152 Å². The summed E-state index contributed by atoms with van der Waals surface area (Å²) in [6.45, 7) is 46.5. The first-order valence-corrected chi connectivity index (χ1v) is 42.7. The zero-order valence-electron chi connectivity index (χ0n) is 71.0. The van der Waals surface area contributed by atoms with Crippen LogP contribution in [0.5, 0.6) is 23.0 Å². The molecule has 0 saturated carbocycles. The Balaban J connectivity index is 0.994. The molecule has 4 N–H and O–H groups in total. The minimum atomic E-state index is -0.253. The number of hydrogen-bond donors (Lipinski definition) is 4. The van der Waals surface area contributed by atoms with Gasteiger partial charge < -0.3 is 38.9 Å². The van der Waals surface area contributed by atoms with Crippen molar-refractivity contribution in [3.63, 3.8) is 0 Å². The molecule has 0 saturated heterocycles. The normalized spacial score (nSPS) is 14.0. The van der Waals surface area contributed by atoms with Gasteiger partial charge in [-0.1, -0.05) is 107 Å². The molecule has 13 aromatic rings. The van der Waals surface area contributed by atoms with E-state index < -0.39 is 0 Å². The lowest BCUT2D eigenvalue weighted by Crippen LogP contribution is -2.13. The first kappa shape index (κ1) is 76.6. The van der Waals surface area contributed by atoms with Crippen LogP contribution in [0.1, 0.15) is 218 Å². The first-order chi connectivity index (χ1) is 56.1. The molecule has 118 heavy (non-hydrogen) atoms. The molecular weight excluding hydrogens is 1590 g/mol. The molecule has 0 spiro atoms. The van der Waals surface area contributed by atoms with Crippen molar-refractivity contribution in [2.45, 2.75) is 187 Å². The predicted octanol–water partition coefficient (Wildman–Crippen LogP) is 28.2. The van der Waals surface area contributed by atoms with Gasteiger partial charge in [0.1, 0.15) is 49.4 Å². The fourth-order valence-corrected chi connectivity index (χ4v) is 19.1. The van der Waals surface area contributed by atoms with E-state index in [2.05, 4.69) is 348 Å². The molecule has 592 valence electrons. The van der Waals surface area contributed by atoms with Gasteiger partial charge in [-0.15, -0.1) is 0 Å². The van der Waals surface area contributed by atoms with E-state index in [1.54, 1.807) is 0 Å². The van der Waals surface area contributed by atoms with Gasteiger partial charge in [-0.05, 0) is 331 Å². The van der Waals surface area contributed by atoms with Gasteiger partial charge in [0.05, 0.1) is 76.6 Å². The van der Waals surface area contributed by atoms with E-state index in [0.717, 1.165) is 232 Å². The van der Waals surface area contributed by atoms with Gasteiger partial charge >= 0.3 is 0 Å². The Morgan fingerprint density at radius 1 is 0.271 bits per heavy atom. The molecule has 8 aliphatic rings. The van der Waals surface area contributed by atoms with E-state index in [4.69, 9.17) is 38.9 Å². The van der Waals surface area contributed by atoms with Gasteiger partial charge in [0.15, 0.2) is 0 Å². The SMILES string of the molecule is Cc1c(C)c2c(C)c(C)c1COc1ccc(C(C)(C)C)cc1-c1c3nc(c(Br)c4cc5c6cc7[nH]c6c(c6nc(c8c9ccc([nH]9)c(c9nc(c7Br)C=C9)-c7cc(C(C)(C)C)ccc7OCc7c(C)c(C)c(c(C)c7C)COc7ccc(C(C)(C)C)cc7-8)C=C6)c(c6nc(c(c7ccc1[nH]7)-c1cc(C(C)(C)C)ccc1OC2)C=C6)c5[nH]4)C=C3. The Labute approximate surface area is 706 Å². The lowest BCUT2D eigenvalue weighted by atomic mass is 9.85. The summed E-state index contributed by atoms with van der Waals surface area (Å²) in [7, 11) is 0. The van der Waals surface area contributed by atoms with Crippen molar-refractivity contribution >= 4 is 146 Å². The third-order valence-electron chi connectivity index (χ3n) is 26.0. The van der Waals surface area contributed by atoms with Crippen molar-refractivity contribution in [1.29, 1.82) is 0 Å². The van der Waals surface area contributed by atoms with Crippen molar-refractivity contribution in [2.24, 2.45) is 0 Å². The number of hydrogen-bond acceptors (Lipinski definition) is 8. The highest BCUT2D eigenvalue weighted by Gasteiger charge is 2.32. The fraction of sp³-hybridized carbons (Fsp3) is 0.269. The third kappa shape index (κ3) is 12.6. The highest BCUT2D eigenvalue weighted by atomic mass is 79.9. The summed E-state index contributed by atoms with van der Waals surface area (Å²) in [6.07, 6.45) is 17.3. The number of rotatable bonds is 0. The molecule has 7 aromatic carbocycles. The number of H-pyrrole nitrogens is 4. The summed E-state index contributed by atoms with van der Waals surface area (Å²) in [6, 6.07) is 40.2. The molecule has 6 aromatic heterocycles. The van der Waals surface area contributed by atoms with Gasteiger partial charge in [-0.2, -0.15) is 0 Å². The van der Waals surface area contributed by atoms with Crippen LogP contribution >= 0.6 is 31.9 Å². The second-order valence-corrected chi connectivity index (χ2v) is 38.8. The Hall–Kier alpha value is -11.3. The zero-order valence-corrected chi connectivity index (χ0v) is 74.2. The molecule has 8 aliphatic heterocycles. The van der Waals surface area contributed by atoms with Gasteiger partial charge in [0, 0.05) is 88.1 Å². The molecule has 0 fully saturated rings. The van der Waals surface area contributed by atoms with Crippen LogP contribution in [0.4, 0.5) is 0 Å². The molecule has 14 heterocycles. The minimum Gasteiger partial charge on any atom is -0.488 e. The molecule has 0 atom stereocenters. The highest BCUT2D eigenvalue weighted by Crippen LogP contribution is 2.51. The van der Waals surface area contributed by atoms with Gasteiger partial charge in [-0.3, -0.25) is 0 Å². The Morgan fingerprint density at radius 2 is 0.500 bits per heavy atom. The highest BCUT2D eigenvalue weighted by molar-refractivity contribution is 9.11. The summed E-state index contributed by atoms with van der Waals surface area (Å²) in [5.41, 5.74) is 37.7. The molecule has 0 unspecified atom stereocenters. The van der Waals surface area contributed by atoms with E-state index in [-0.39, 0.29) is 21.7 Å². The van der Waals surface area contributed by atoms with E-state index in [9.17, 15) is 0 Å². The number of halogens is 2. The van der Waals surface area contributed by atoms with Crippen LogP contribution in [0, 0.1) is 55.4 Å². The molecule has 14 heteroatoms. The van der Waals surface area contributed by atoms with Crippen molar-refractivity contribution < 1.29 is 18.9 Å². The summed E-state index contributed by atoms with van der Waals surface area (Å²) < 4.78 is 30.9. The lowest BCUT2D eigenvalue weighted by molar-refractivity contribution is 0.301. The summed E-state index contributed by atoms with van der Waals surface area (Å²) in [4.78, 5) is 40.1. The Bertz CT molecular complexity index is 6620. The smallest absolute Gasteiger partial charge is 0.127 e. The third-order valence-corrected chi connectivity index (χ3v) is 27.6. The van der Waals surface area contributed by atoms with Crippen molar-refractivity contribution in [1.82, 2.24) is 39.9 Å². The second-order valence-electron chi connectivity index (χ2n) is 37.2. The van der Waals surface area contributed by atoms with Crippen LogP contribution in [0.15, 0.2) is 118 Å². The van der Waals surface area contributed by atoms with Crippen LogP contribution in [0.3, 0.4) is 0 Å². The van der Waals surface area contributed by atoms with Crippen LogP contribution in [0.2, 0.25) is 0 Å². The molecule has 0 aliphatic carbocycles. The lowest BCUT2D eigenvalue weighted by Gasteiger charge is -2.24. The predicted molar refractivity (Wildman–Crippen MR) is 498 cm³/mol. The van der Waals surface area contributed by atoms with Crippen molar-refractivity contribution in [3.8, 4) is 67.5 Å². The molecule has 0 amide bonds. The Morgan fingerprint density at radius 3 is 0.746 bits per heavy atom. The number of benzene rings is 7. The number of aromatic amines is 4. The second kappa shape index (κ2) is 27.6. The van der Waals surface area contributed by atoms with Gasteiger partial charge in [0.2, 0.25) is 0 Å². The monoisotopic (exact) mass is 1680 g/mol. The van der Waals surface area contributed by atoms with Crippen LogP contribution in [-0.2, 0) is 48.1 Å². The summed E-state index contributed by atoms with van der Waals surface area (Å²) in [5, 5.41) is 3.62. The average molecular weight is 1680 g/mol. The number of nitrogens with zero attached hydrogens (tertiary/aromatic N) is 4. The maximum atomic E-state index is 7.41. The van der Waals surface area contributed by atoms with Crippen LogP contribution < -0.4 is 18.9 Å². The first-order valence-electron chi connectivity index (χ1n) is 41.1. The standard InChI is InChI=1S/C104H98Br2N8O4/c1-51-55(5)71-49-117-89-39-23-61(103(15,16)17)43-67(89)93-75-27-25-73(107-75)91(65-41-59(101(9,10)11)21-37-87(65)115-47-69(51)52(2)56(71)6)77-29-31-81(109-77)95-96-82-32-30-78(110-82)92-66-42-60(102(12,13)14)22-38-88(66)116-48-70-53(3)57(7)72(58(8)54(70)4)50-118-90-40-24-62(104(18,19)20)44-68(90)94(76-28-26-74(92)108-76)80-34-36-84(112-80)98(106)86-46-64(100(96)114-86)63-45-85(113-99(63)95)97(105)83-35-33-79(93)111-83/h21-46,107-108,113-114H,47-50H2,1-20H3. The number of nitrogens with one attached hydrogen (secondary N) is 4. The molecule has 24 bridgehead atoms. The van der Waals surface area contributed by atoms with Gasteiger partial charge in [-0.25, -0.2) is 19.9 Å². The van der Waals surface area contributed by atoms with E-state index in [1.807, 2.05) is 0 Å². The average Bonchev–Trinajstić information content (AvgIpc) is 1.56. The molecule has 12 nitrogen and oxygen atoms in total. The van der Waals surface area contributed by atoms with Crippen LogP contribution in [0.25, 0.3) is 159 Å². The van der Waals surface area contributed by atoms with Crippen LogP contribution in [-0.4, -0.2) is 39.9 Å². The Kier molecular flexibility index (Phi) is 18.0. The number of ether oxygens (including phenoxy) is 4. The number of fused-ring (bicyclic) bond motifs is 22. The minimum absolute atomic E-state index is 0.213. The maximum absolute atomic E-state index is 7.41. The quantitative estimate of drug-likeness (QED) is 0.117. The molecular formula is C104H98Br2N8O4. The van der Waals surface area contributed by atoms with E-state index >= 15 is 0 Å². The largest absolute Gasteiger partial charge is 0.488 e. The molecule has 0 radical (unpaired) electrons. The van der Waals surface area contributed by atoms with Crippen molar-refractivity contribution in [2.75, 3.05) is 0 Å². The number of aromatic nitrogens is 8. The summed E-state index contributed by atoms with van der Waals surface area (Å²) >= 11 is 8.56.